The zero-order chi connectivity index (χ0) is 29.1. The summed E-state index contributed by atoms with van der Waals surface area (Å²) in [6, 6.07) is 20.7. The van der Waals surface area contributed by atoms with Gasteiger partial charge in [0.15, 0.2) is 0 Å². The number of pyridine rings is 1. The second kappa shape index (κ2) is 11.9. The number of hydrogen-bond acceptors (Lipinski definition) is 6. The van der Waals surface area contributed by atoms with Crippen molar-refractivity contribution in [1.29, 1.82) is 0 Å². The number of ether oxygens (including phenoxy) is 2. The van der Waals surface area contributed by atoms with Crippen molar-refractivity contribution in [3.63, 3.8) is 0 Å². The molecule has 1 aromatic heterocycles. The van der Waals surface area contributed by atoms with Crippen LogP contribution in [0, 0.1) is 5.92 Å². The lowest BCUT2D eigenvalue weighted by molar-refractivity contribution is -0.120. The van der Waals surface area contributed by atoms with Crippen LogP contribution in [-0.4, -0.2) is 59.3 Å². The third-order valence-electron chi connectivity index (χ3n) is 7.16. The predicted octanol–water partition coefficient (Wildman–Crippen LogP) is 5.95. The van der Waals surface area contributed by atoms with E-state index in [1.807, 2.05) is 24.3 Å². The third kappa shape index (κ3) is 6.70. The number of carbonyl (C=O) groups excluding carboxylic acids is 3. The number of hydrogen-bond donors (Lipinski definition) is 2. The van der Waals surface area contributed by atoms with Crippen LogP contribution in [0.3, 0.4) is 0 Å². The molecule has 5 rings (SSSR count). The molecule has 3 amide bonds. The number of fused-ring (bicyclic) bond motifs is 3. The molecular weight excluding hydrogens is 588 g/mol. The molecule has 3 aromatic rings. The maximum Gasteiger partial charge on any atom is 0.410 e. The Morgan fingerprint density at radius 3 is 2.27 bits per heavy atom. The number of likely N-dealkylation sites (tertiary alicyclic amines) is 1. The zero-order valence-corrected chi connectivity index (χ0v) is 24.8. The summed E-state index contributed by atoms with van der Waals surface area (Å²) in [5.74, 6) is -0.213. The molecule has 9 nitrogen and oxygen atoms in total. The molecule has 0 radical (unpaired) electrons. The van der Waals surface area contributed by atoms with Gasteiger partial charge in [-0.2, -0.15) is 0 Å². The average molecular weight is 622 g/mol. The molecule has 41 heavy (non-hydrogen) atoms. The number of aromatic nitrogens is 1. The molecule has 2 aromatic carbocycles. The van der Waals surface area contributed by atoms with Crippen LogP contribution in [0.15, 0.2) is 71.3 Å². The van der Waals surface area contributed by atoms with E-state index in [1.54, 1.807) is 39.0 Å². The number of anilines is 1. The number of benzene rings is 2. The maximum absolute atomic E-state index is 13.2. The molecule has 2 aliphatic rings. The summed E-state index contributed by atoms with van der Waals surface area (Å²) in [5.41, 5.74) is 3.88. The lowest BCUT2D eigenvalue weighted by Gasteiger charge is -2.28. The molecule has 0 bridgehead atoms. The molecule has 2 atom stereocenters. The van der Waals surface area contributed by atoms with Crippen molar-refractivity contribution in [3.05, 3.63) is 82.5 Å². The normalized spacial score (nSPS) is 17.9. The zero-order valence-electron chi connectivity index (χ0n) is 23.2. The Labute approximate surface area is 247 Å². The topological polar surface area (TPSA) is 110 Å². The molecular formula is C31H33BrN4O5. The van der Waals surface area contributed by atoms with Gasteiger partial charge in [0.2, 0.25) is 5.91 Å². The van der Waals surface area contributed by atoms with E-state index in [4.69, 9.17) is 9.47 Å². The molecule has 2 N–H and O–H groups in total. The van der Waals surface area contributed by atoms with Crippen LogP contribution < -0.4 is 10.6 Å². The van der Waals surface area contributed by atoms with Crippen molar-refractivity contribution in [2.75, 3.05) is 25.0 Å². The Morgan fingerprint density at radius 1 is 0.976 bits per heavy atom. The summed E-state index contributed by atoms with van der Waals surface area (Å²) in [7, 11) is 0. The fourth-order valence-electron chi connectivity index (χ4n) is 5.41. The predicted molar refractivity (Wildman–Crippen MR) is 158 cm³/mol. The molecule has 2 heterocycles. The first-order valence-electron chi connectivity index (χ1n) is 13.6. The Morgan fingerprint density at radius 2 is 1.63 bits per heavy atom. The van der Waals surface area contributed by atoms with E-state index in [9.17, 15) is 14.4 Å². The Balaban J connectivity index is 1.20. The first-order valence-corrected chi connectivity index (χ1v) is 14.4. The summed E-state index contributed by atoms with van der Waals surface area (Å²) in [5, 5.41) is 5.61. The van der Waals surface area contributed by atoms with E-state index in [0.29, 0.717) is 16.8 Å². The van der Waals surface area contributed by atoms with Gasteiger partial charge in [-0.15, -0.1) is 0 Å². The number of rotatable bonds is 6. The number of carbonyl (C=O) groups is 3. The quantitative estimate of drug-likeness (QED) is 0.330. The van der Waals surface area contributed by atoms with Crippen LogP contribution >= 0.6 is 15.9 Å². The van der Waals surface area contributed by atoms with Crippen molar-refractivity contribution in [1.82, 2.24) is 15.2 Å². The van der Waals surface area contributed by atoms with E-state index < -0.39 is 23.8 Å². The summed E-state index contributed by atoms with van der Waals surface area (Å²) in [4.78, 5) is 44.6. The van der Waals surface area contributed by atoms with Gasteiger partial charge in [-0.05, 0) is 83.4 Å². The van der Waals surface area contributed by atoms with Crippen molar-refractivity contribution < 1.29 is 23.9 Å². The maximum atomic E-state index is 13.2. The SMILES string of the molecule is CC(C)(C)OC(=O)N1C[C@@H](CNC(=O)OCC2c3ccccc3-c3ccccc32)C[C@@H]1C(=O)Nc1cccc(Br)n1. The highest BCUT2D eigenvalue weighted by molar-refractivity contribution is 9.10. The van der Waals surface area contributed by atoms with Gasteiger partial charge in [-0.3, -0.25) is 9.69 Å². The number of nitrogens with one attached hydrogen (secondary N) is 2. The fraction of sp³-hybridized carbons (Fsp3) is 0.355. The number of nitrogens with zero attached hydrogens (tertiary/aromatic N) is 2. The highest BCUT2D eigenvalue weighted by atomic mass is 79.9. The highest BCUT2D eigenvalue weighted by Crippen LogP contribution is 2.44. The first-order chi connectivity index (χ1) is 19.6. The second-order valence-electron chi connectivity index (χ2n) is 11.3. The highest BCUT2D eigenvalue weighted by Gasteiger charge is 2.41. The second-order valence-corrected chi connectivity index (χ2v) is 12.1. The van der Waals surface area contributed by atoms with Crippen LogP contribution in [0.25, 0.3) is 11.1 Å². The van der Waals surface area contributed by atoms with E-state index in [0.717, 1.165) is 22.3 Å². The third-order valence-corrected chi connectivity index (χ3v) is 7.61. The molecule has 0 unspecified atom stereocenters. The minimum Gasteiger partial charge on any atom is -0.449 e. The smallest absolute Gasteiger partial charge is 0.410 e. The van der Waals surface area contributed by atoms with Crippen LogP contribution in [0.4, 0.5) is 15.4 Å². The van der Waals surface area contributed by atoms with Crippen LogP contribution in [0.2, 0.25) is 0 Å². The molecule has 1 fully saturated rings. The Bertz CT molecular complexity index is 1410. The van der Waals surface area contributed by atoms with Crippen LogP contribution in [0.5, 0.6) is 0 Å². The van der Waals surface area contributed by atoms with Crippen molar-refractivity contribution in [3.8, 4) is 11.1 Å². The fourth-order valence-corrected chi connectivity index (χ4v) is 5.75. The van der Waals surface area contributed by atoms with Gasteiger partial charge in [0.05, 0.1) is 0 Å². The summed E-state index contributed by atoms with van der Waals surface area (Å²) < 4.78 is 11.8. The first kappa shape index (κ1) is 28.6. The van der Waals surface area contributed by atoms with Crippen molar-refractivity contribution >= 4 is 39.8 Å². The summed E-state index contributed by atoms with van der Waals surface area (Å²) in [6.07, 6.45) is -0.770. The minimum absolute atomic E-state index is 0.0398. The molecule has 214 valence electrons. The van der Waals surface area contributed by atoms with Gasteiger partial charge < -0.3 is 20.1 Å². The lowest BCUT2D eigenvalue weighted by atomic mass is 9.98. The Kier molecular flexibility index (Phi) is 8.30. The molecule has 10 heteroatoms. The van der Waals surface area contributed by atoms with Gasteiger partial charge in [-0.25, -0.2) is 14.6 Å². The monoisotopic (exact) mass is 620 g/mol. The van der Waals surface area contributed by atoms with Gasteiger partial charge in [0.1, 0.15) is 28.7 Å². The molecule has 1 aliphatic carbocycles. The standard InChI is InChI=1S/C31H33BrN4O5/c1-31(2,3)41-30(39)36-17-19(15-25(36)28(37)35-27-14-8-13-26(32)34-27)16-33-29(38)40-18-24-22-11-6-4-9-20(22)21-10-5-7-12-23(21)24/h4-14,19,24-25H,15-18H2,1-3H3,(H,33,38)(H,34,35,37)/t19-,25-/m1/s1. The number of alkyl carbamates (subject to hydrolysis) is 1. The minimum atomic E-state index is -0.778. The molecule has 0 spiro atoms. The van der Waals surface area contributed by atoms with E-state index >= 15 is 0 Å². The van der Waals surface area contributed by atoms with E-state index in [1.165, 1.54) is 4.90 Å². The van der Waals surface area contributed by atoms with E-state index in [-0.39, 0.29) is 37.4 Å². The summed E-state index contributed by atoms with van der Waals surface area (Å²) in [6.45, 7) is 6.03. The molecule has 1 aliphatic heterocycles. The van der Waals surface area contributed by atoms with Crippen LogP contribution in [-0.2, 0) is 14.3 Å². The van der Waals surface area contributed by atoms with E-state index in [2.05, 4.69) is 55.8 Å². The van der Waals surface area contributed by atoms with Gasteiger partial charge >= 0.3 is 12.2 Å². The van der Waals surface area contributed by atoms with Gasteiger partial charge in [-0.1, -0.05) is 54.6 Å². The lowest BCUT2D eigenvalue weighted by Crippen LogP contribution is -2.45. The summed E-state index contributed by atoms with van der Waals surface area (Å²) >= 11 is 3.30. The van der Waals surface area contributed by atoms with Crippen molar-refractivity contribution in [2.24, 2.45) is 5.92 Å². The van der Waals surface area contributed by atoms with Gasteiger partial charge in [0.25, 0.3) is 0 Å². The van der Waals surface area contributed by atoms with Crippen LogP contribution in [0.1, 0.15) is 44.2 Å². The van der Waals surface area contributed by atoms with Crippen molar-refractivity contribution in [2.45, 2.75) is 44.8 Å². The number of halogens is 1. The Hall–Kier alpha value is -3.92. The number of amides is 3. The largest absolute Gasteiger partial charge is 0.449 e. The molecule has 0 saturated carbocycles. The average Bonchev–Trinajstić information content (AvgIpc) is 3.50. The van der Waals surface area contributed by atoms with Gasteiger partial charge in [0, 0.05) is 19.0 Å². The molecule has 1 saturated heterocycles.